The van der Waals surface area contributed by atoms with Gasteiger partial charge >= 0.3 is 0 Å². The average Bonchev–Trinajstić information content (AvgIpc) is 2.48. The SMILES string of the molecule is Cc1cccc(C(=O)NCc2ccc(C(C)C)cc2)c1Br. The highest BCUT2D eigenvalue weighted by Crippen LogP contribution is 2.21. The van der Waals surface area contributed by atoms with E-state index in [0.717, 1.165) is 15.6 Å². The summed E-state index contributed by atoms with van der Waals surface area (Å²) in [5.41, 5.74) is 4.15. The molecule has 0 aliphatic heterocycles. The molecule has 0 saturated heterocycles. The molecule has 3 heteroatoms. The maximum absolute atomic E-state index is 12.2. The fourth-order valence-electron chi connectivity index (χ4n) is 2.12. The third-order valence-electron chi connectivity index (χ3n) is 3.54. The molecule has 0 radical (unpaired) electrons. The average molecular weight is 346 g/mol. The molecule has 0 heterocycles. The highest BCUT2D eigenvalue weighted by atomic mass is 79.9. The predicted molar refractivity (Wildman–Crippen MR) is 90.6 cm³/mol. The minimum Gasteiger partial charge on any atom is -0.348 e. The molecular formula is C18H20BrNO. The van der Waals surface area contributed by atoms with Gasteiger partial charge in [0.05, 0.1) is 5.56 Å². The van der Waals surface area contributed by atoms with Crippen molar-refractivity contribution >= 4 is 21.8 Å². The molecule has 110 valence electrons. The molecule has 1 amide bonds. The van der Waals surface area contributed by atoms with Gasteiger partial charge in [-0.05, 0) is 51.5 Å². The fraction of sp³-hybridized carbons (Fsp3) is 0.278. The van der Waals surface area contributed by atoms with Crippen molar-refractivity contribution in [3.63, 3.8) is 0 Å². The van der Waals surface area contributed by atoms with Crippen molar-refractivity contribution in [2.75, 3.05) is 0 Å². The lowest BCUT2D eigenvalue weighted by Crippen LogP contribution is -2.23. The van der Waals surface area contributed by atoms with Crippen LogP contribution in [0.25, 0.3) is 0 Å². The van der Waals surface area contributed by atoms with Crippen LogP contribution in [0, 0.1) is 6.92 Å². The first-order valence-electron chi connectivity index (χ1n) is 7.11. The van der Waals surface area contributed by atoms with Gasteiger partial charge < -0.3 is 5.32 Å². The van der Waals surface area contributed by atoms with Crippen LogP contribution in [0.3, 0.4) is 0 Å². The number of rotatable bonds is 4. The molecule has 2 rings (SSSR count). The standard InChI is InChI=1S/C18H20BrNO/c1-12(2)15-9-7-14(8-10-15)11-20-18(21)16-6-4-5-13(3)17(16)19/h4-10,12H,11H2,1-3H3,(H,20,21). The third kappa shape index (κ3) is 3.94. The van der Waals surface area contributed by atoms with Crippen molar-refractivity contribution in [1.29, 1.82) is 0 Å². The highest BCUT2D eigenvalue weighted by molar-refractivity contribution is 9.10. The van der Waals surface area contributed by atoms with Gasteiger partial charge in [-0.2, -0.15) is 0 Å². The Balaban J connectivity index is 2.02. The normalized spacial score (nSPS) is 10.7. The first-order valence-corrected chi connectivity index (χ1v) is 7.90. The zero-order chi connectivity index (χ0) is 15.4. The van der Waals surface area contributed by atoms with Gasteiger partial charge in [0, 0.05) is 11.0 Å². The van der Waals surface area contributed by atoms with Crippen molar-refractivity contribution in [2.45, 2.75) is 33.2 Å². The summed E-state index contributed by atoms with van der Waals surface area (Å²) >= 11 is 3.47. The molecule has 0 aromatic heterocycles. The summed E-state index contributed by atoms with van der Waals surface area (Å²) in [5.74, 6) is 0.468. The summed E-state index contributed by atoms with van der Waals surface area (Å²) in [6, 6.07) is 14.1. The number of carbonyl (C=O) groups is 1. The molecule has 21 heavy (non-hydrogen) atoms. The second kappa shape index (κ2) is 6.90. The number of halogens is 1. The van der Waals surface area contributed by atoms with E-state index >= 15 is 0 Å². The maximum Gasteiger partial charge on any atom is 0.252 e. The molecule has 0 fully saturated rings. The Kier molecular flexibility index (Phi) is 5.18. The van der Waals surface area contributed by atoms with Gasteiger partial charge in [0.15, 0.2) is 0 Å². The topological polar surface area (TPSA) is 29.1 Å². The third-order valence-corrected chi connectivity index (χ3v) is 4.59. The number of nitrogens with one attached hydrogen (secondary N) is 1. The summed E-state index contributed by atoms with van der Waals surface area (Å²) in [6.07, 6.45) is 0. The molecule has 0 bridgehead atoms. The van der Waals surface area contributed by atoms with Gasteiger partial charge in [-0.3, -0.25) is 4.79 Å². The molecule has 0 aliphatic rings. The minimum absolute atomic E-state index is 0.0569. The Morgan fingerprint density at radius 3 is 2.43 bits per heavy atom. The van der Waals surface area contributed by atoms with Gasteiger partial charge in [0.2, 0.25) is 0 Å². The van der Waals surface area contributed by atoms with Crippen molar-refractivity contribution < 1.29 is 4.79 Å². The van der Waals surface area contributed by atoms with Gasteiger partial charge in [0.25, 0.3) is 5.91 Å². The van der Waals surface area contributed by atoms with E-state index in [1.165, 1.54) is 5.56 Å². The van der Waals surface area contributed by atoms with Gasteiger partial charge in [0.1, 0.15) is 0 Å². The van der Waals surface area contributed by atoms with Crippen LogP contribution in [-0.2, 0) is 6.54 Å². The Hall–Kier alpha value is -1.61. The largest absolute Gasteiger partial charge is 0.348 e. The Labute approximate surface area is 134 Å². The van der Waals surface area contributed by atoms with Crippen molar-refractivity contribution in [2.24, 2.45) is 0 Å². The van der Waals surface area contributed by atoms with Crippen LogP contribution in [0.5, 0.6) is 0 Å². The summed E-state index contributed by atoms with van der Waals surface area (Å²) < 4.78 is 0.859. The molecule has 0 atom stereocenters. The second-order valence-corrected chi connectivity index (χ2v) is 6.31. The Morgan fingerprint density at radius 1 is 1.14 bits per heavy atom. The molecule has 2 nitrogen and oxygen atoms in total. The first kappa shape index (κ1) is 15.8. The number of hydrogen-bond acceptors (Lipinski definition) is 1. The number of amides is 1. The number of benzene rings is 2. The smallest absolute Gasteiger partial charge is 0.252 e. The van der Waals surface area contributed by atoms with Crippen molar-refractivity contribution in [3.8, 4) is 0 Å². The zero-order valence-corrected chi connectivity index (χ0v) is 14.2. The molecular weight excluding hydrogens is 326 g/mol. The fourth-order valence-corrected chi connectivity index (χ4v) is 2.57. The van der Waals surface area contributed by atoms with Crippen LogP contribution < -0.4 is 5.32 Å². The van der Waals surface area contributed by atoms with Crippen molar-refractivity contribution in [1.82, 2.24) is 5.32 Å². The van der Waals surface area contributed by atoms with E-state index in [1.54, 1.807) is 0 Å². The summed E-state index contributed by atoms with van der Waals surface area (Å²) in [5, 5.41) is 2.96. The van der Waals surface area contributed by atoms with Crippen LogP contribution in [-0.4, -0.2) is 5.91 Å². The minimum atomic E-state index is -0.0569. The molecule has 1 N–H and O–H groups in total. The molecule has 0 unspecified atom stereocenters. The first-order chi connectivity index (χ1) is 9.99. The van der Waals surface area contributed by atoms with E-state index in [-0.39, 0.29) is 5.91 Å². The Morgan fingerprint density at radius 2 is 1.81 bits per heavy atom. The second-order valence-electron chi connectivity index (χ2n) is 5.52. The van der Waals surface area contributed by atoms with Gasteiger partial charge in [-0.25, -0.2) is 0 Å². The summed E-state index contributed by atoms with van der Waals surface area (Å²) in [6.45, 7) is 6.86. The number of carbonyl (C=O) groups excluding carboxylic acids is 1. The lowest BCUT2D eigenvalue weighted by Gasteiger charge is -2.10. The summed E-state index contributed by atoms with van der Waals surface area (Å²) in [7, 11) is 0. The quantitative estimate of drug-likeness (QED) is 0.846. The van der Waals surface area contributed by atoms with E-state index in [9.17, 15) is 4.79 Å². The lowest BCUT2D eigenvalue weighted by atomic mass is 10.0. The van der Waals surface area contributed by atoms with Crippen molar-refractivity contribution in [3.05, 3.63) is 69.2 Å². The van der Waals surface area contributed by atoms with Gasteiger partial charge in [-0.15, -0.1) is 0 Å². The maximum atomic E-state index is 12.2. The van der Waals surface area contributed by atoms with E-state index in [0.29, 0.717) is 18.0 Å². The molecule has 0 spiro atoms. The molecule has 0 saturated carbocycles. The van der Waals surface area contributed by atoms with Crippen LogP contribution >= 0.6 is 15.9 Å². The van der Waals surface area contributed by atoms with Crippen LogP contribution in [0.2, 0.25) is 0 Å². The monoisotopic (exact) mass is 345 g/mol. The Bertz CT molecular complexity index is 632. The lowest BCUT2D eigenvalue weighted by molar-refractivity contribution is 0.0950. The highest BCUT2D eigenvalue weighted by Gasteiger charge is 2.10. The van der Waals surface area contributed by atoms with Crippen LogP contribution in [0.15, 0.2) is 46.9 Å². The summed E-state index contributed by atoms with van der Waals surface area (Å²) in [4.78, 5) is 12.2. The molecule has 2 aromatic rings. The number of hydrogen-bond donors (Lipinski definition) is 1. The molecule has 0 aliphatic carbocycles. The van der Waals surface area contributed by atoms with E-state index in [1.807, 2.05) is 25.1 Å². The van der Waals surface area contributed by atoms with Crippen LogP contribution in [0.1, 0.15) is 46.8 Å². The van der Waals surface area contributed by atoms with E-state index < -0.39 is 0 Å². The van der Waals surface area contributed by atoms with Gasteiger partial charge in [-0.1, -0.05) is 50.2 Å². The molecule has 2 aromatic carbocycles. The predicted octanol–water partition coefficient (Wildman–Crippen LogP) is 4.81. The van der Waals surface area contributed by atoms with E-state index in [2.05, 4.69) is 59.4 Å². The van der Waals surface area contributed by atoms with E-state index in [4.69, 9.17) is 0 Å². The zero-order valence-electron chi connectivity index (χ0n) is 12.6. The van der Waals surface area contributed by atoms with Crippen LogP contribution in [0.4, 0.5) is 0 Å². The number of aryl methyl sites for hydroxylation is 1.